The molecule has 30 heavy (non-hydrogen) atoms. The van der Waals surface area contributed by atoms with E-state index in [4.69, 9.17) is 11.6 Å². The van der Waals surface area contributed by atoms with Crippen LogP contribution in [0.2, 0.25) is 5.02 Å². The van der Waals surface area contributed by atoms with Crippen LogP contribution in [0.1, 0.15) is 24.8 Å². The average molecular weight is 427 g/mol. The molecule has 3 heterocycles. The van der Waals surface area contributed by atoms with Crippen molar-refractivity contribution in [3.8, 4) is 0 Å². The van der Waals surface area contributed by atoms with Gasteiger partial charge in [-0.25, -0.2) is 5.10 Å². The fourth-order valence-electron chi connectivity index (χ4n) is 5.18. The van der Waals surface area contributed by atoms with Gasteiger partial charge in [-0.15, -0.1) is 0 Å². The smallest absolute Gasteiger partial charge is 0.283 e. The number of nitrogens with one attached hydrogen (secondary N) is 1. The minimum absolute atomic E-state index is 0.277. The van der Waals surface area contributed by atoms with E-state index in [-0.39, 0.29) is 10.6 Å². The molecule has 5 rings (SSSR count). The lowest BCUT2D eigenvalue weighted by Crippen LogP contribution is -2.66. The number of nitrogens with zero attached hydrogens (tertiary/aromatic N) is 5. The number of aryl methyl sites for hydroxylation is 2. The van der Waals surface area contributed by atoms with Crippen LogP contribution in [0.4, 0.5) is 5.69 Å². The van der Waals surface area contributed by atoms with Gasteiger partial charge in [0, 0.05) is 44.3 Å². The van der Waals surface area contributed by atoms with Crippen LogP contribution in [-0.4, -0.2) is 57.6 Å². The van der Waals surface area contributed by atoms with Crippen molar-refractivity contribution in [1.82, 2.24) is 24.9 Å². The Morgan fingerprint density at radius 3 is 2.90 bits per heavy atom. The zero-order chi connectivity index (χ0) is 20.9. The SMILES string of the molecule is CN(c1ccc2cnn(C)c2c1)C1CC2(C1)CN(CCCc1cn[nH]c(=O)c1Cl)C2. The highest BCUT2D eigenvalue weighted by Crippen LogP contribution is 2.50. The molecule has 158 valence electrons. The van der Waals surface area contributed by atoms with Gasteiger partial charge in [-0.1, -0.05) is 11.6 Å². The Morgan fingerprint density at radius 1 is 1.30 bits per heavy atom. The van der Waals surface area contributed by atoms with E-state index in [9.17, 15) is 4.79 Å². The number of H-pyrrole nitrogens is 1. The highest BCUT2D eigenvalue weighted by Gasteiger charge is 2.52. The molecule has 7 nitrogen and oxygen atoms in total. The number of halogens is 1. The van der Waals surface area contributed by atoms with Crippen molar-refractivity contribution in [3.63, 3.8) is 0 Å². The Hall–Kier alpha value is -2.38. The van der Waals surface area contributed by atoms with Gasteiger partial charge in [-0.05, 0) is 61.4 Å². The lowest BCUT2D eigenvalue weighted by atomic mass is 9.60. The first kappa shape index (κ1) is 19.6. The minimum atomic E-state index is -0.302. The van der Waals surface area contributed by atoms with Crippen LogP contribution < -0.4 is 10.5 Å². The average Bonchev–Trinajstić information content (AvgIpc) is 3.05. The van der Waals surface area contributed by atoms with Gasteiger partial charge in [0.05, 0.1) is 17.9 Å². The molecule has 0 amide bonds. The van der Waals surface area contributed by atoms with Gasteiger partial charge in [0.1, 0.15) is 5.02 Å². The summed E-state index contributed by atoms with van der Waals surface area (Å²) in [5, 5.41) is 12.0. The summed E-state index contributed by atoms with van der Waals surface area (Å²) in [4.78, 5) is 16.5. The quantitative estimate of drug-likeness (QED) is 0.656. The largest absolute Gasteiger partial charge is 0.372 e. The summed E-state index contributed by atoms with van der Waals surface area (Å²) >= 11 is 6.06. The number of rotatable bonds is 6. The summed E-state index contributed by atoms with van der Waals surface area (Å²) in [6.07, 6.45) is 7.88. The second kappa shape index (κ2) is 7.39. The lowest BCUT2D eigenvalue weighted by molar-refractivity contribution is -0.0715. The lowest BCUT2D eigenvalue weighted by Gasteiger charge is -2.61. The van der Waals surface area contributed by atoms with Crippen LogP contribution in [0.3, 0.4) is 0 Å². The molecule has 1 aliphatic carbocycles. The van der Waals surface area contributed by atoms with Gasteiger partial charge in [-0.3, -0.25) is 9.48 Å². The van der Waals surface area contributed by atoms with Crippen molar-refractivity contribution in [2.24, 2.45) is 12.5 Å². The maximum atomic E-state index is 11.5. The first-order valence-corrected chi connectivity index (χ1v) is 10.9. The van der Waals surface area contributed by atoms with Gasteiger partial charge in [0.2, 0.25) is 0 Å². The third-order valence-electron chi connectivity index (χ3n) is 6.93. The molecular weight excluding hydrogens is 400 g/mol. The third kappa shape index (κ3) is 3.40. The van der Waals surface area contributed by atoms with E-state index < -0.39 is 0 Å². The van der Waals surface area contributed by atoms with Crippen LogP contribution in [-0.2, 0) is 13.5 Å². The number of hydrogen-bond donors (Lipinski definition) is 1. The molecule has 0 atom stereocenters. The van der Waals surface area contributed by atoms with Gasteiger partial charge in [0.15, 0.2) is 0 Å². The highest BCUT2D eigenvalue weighted by molar-refractivity contribution is 6.31. The first-order valence-electron chi connectivity index (χ1n) is 10.5. The van der Waals surface area contributed by atoms with Crippen molar-refractivity contribution >= 4 is 28.2 Å². The summed E-state index contributed by atoms with van der Waals surface area (Å²) in [6.45, 7) is 3.40. The molecule has 2 aliphatic rings. The number of anilines is 1. The fourth-order valence-corrected chi connectivity index (χ4v) is 5.37. The third-order valence-corrected chi connectivity index (χ3v) is 7.35. The molecular formula is C22H27ClN6O. The number of likely N-dealkylation sites (tertiary alicyclic amines) is 1. The van der Waals surface area contributed by atoms with Gasteiger partial charge >= 0.3 is 0 Å². The Bertz CT molecular complexity index is 1120. The molecule has 0 bridgehead atoms. The molecule has 1 aromatic carbocycles. The zero-order valence-electron chi connectivity index (χ0n) is 17.4. The molecule has 2 fully saturated rings. The van der Waals surface area contributed by atoms with Crippen molar-refractivity contribution in [3.05, 3.63) is 51.5 Å². The molecule has 1 aliphatic heterocycles. The molecule has 1 saturated carbocycles. The molecule has 0 radical (unpaired) electrons. The number of hydrogen-bond acceptors (Lipinski definition) is 5. The second-order valence-corrected chi connectivity index (χ2v) is 9.41. The summed E-state index contributed by atoms with van der Waals surface area (Å²) < 4.78 is 1.94. The summed E-state index contributed by atoms with van der Waals surface area (Å²) in [5.41, 5.74) is 3.48. The molecule has 1 saturated heterocycles. The van der Waals surface area contributed by atoms with Crippen LogP contribution >= 0.6 is 11.6 Å². The second-order valence-electron chi connectivity index (χ2n) is 9.04. The molecule has 3 aromatic rings. The van der Waals surface area contributed by atoms with E-state index in [2.05, 4.69) is 50.3 Å². The van der Waals surface area contributed by atoms with Crippen molar-refractivity contribution in [2.75, 3.05) is 31.6 Å². The van der Waals surface area contributed by atoms with Crippen LogP contribution in [0, 0.1) is 5.41 Å². The Kier molecular flexibility index (Phi) is 4.82. The molecule has 2 aromatic heterocycles. The number of aromatic amines is 1. The van der Waals surface area contributed by atoms with Gasteiger partial charge in [-0.2, -0.15) is 10.2 Å². The normalized spacial score (nSPS) is 18.5. The van der Waals surface area contributed by atoms with Gasteiger partial charge < -0.3 is 9.80 Å². The number of aromatic nitrogens is 4. The Morgan fingerprint density at radius 2 is 2.10 bits per heavy atom. The number of fused-ring (bicyclic) bond motifs is 1. The van der Waals surface area contributed by atoms with Crippen LogP contribution in [0.5, 0.6) is 0 Å². The van der Waals surface area contributed by atoms with Crippen LogP contribution in [0.15, 0.2) is 35.4 Å². The van der Waals surface area contributed by atoms with E-state index in [0.29, 0.717) is 11.5 Å². The van der Waals surface area contributed by atoms with E-state index in [0.717, 1.165) is 24.9 Å². The predicted molar refractivity (Wildman–Crippen MR) is 119 cm³/mol. The van der Waals surface area contributed by atoms with E-state index >= 15 is 0 Å². The maximum absolute atomic E-state index is 11.5. The van der Waals surface area contributed by atoms with Crippen molar-refractivity contribution < 1.29 is 0 Å². The Labute approximate surface area is 180 Å². The van der Waals surface area contributed by atoms with Gasteiger partial charge in [0.25, 0.3) is 5.56 Å². The van der Waals surface area contributed by atoms with E-state index in [1.807, 2.05) is 17.9 Å². The number of benzene rings is 1. The minimum Gasteiger partial charge on any atom is -0.372 e. The topological polar surface area (TPSA) is 70.1 Å². The summed E-state index contributed by atoms with van der Waals surface area (Å²) in [6, 6.07) is 7.22. The molecule has 0 unspecified atom stereocenters. The van der Waals surface area contributed by atoms with Crippen molar-refractivity contribution in [2.45, 2.75) is 31.7 Å². The zero-order valence-corrected chi connectivity index (χ0v) is 18.2. The van der Waals surface area contributed by atoms with E-state index in [1.165, 1.54) is 42.5 Å². The molecule has 1 N–H and O–H groups in total. The van der Waals surface area contributed by atoms with E-state index in [1.54, 1.807) is 6.20 Å². The molecule has 1 spiro atoms. The Balaban J connectivity index is 1.10. The molecule has 8 heteroatoms. The summed E-state index contributed by atoms with van der Waals surface area (Å²) in [5.74, 6) is 0. The monoisotopic (exact) mass is 426 g/mol. The maximum Gasteiger partial charge on any atom is 0.283 e. The van der Waals surface area contributed by atoms with Crippen molar-refractivity contribution in [1.29, 1.82) is 0 Å². The highest BCUT2D eigenvalue weighted by atomic mass is 35.5. The predicted octanol–water partition coefficient (Wildman–Crippen LogP) is 2.84. The standard InChI is InChI=1S/C22H27ClN6O/c1-27(17-6-5-15-12-25-28(2)19(15)8-17)18-9-22(10-18)13-29(14-22)7-3-4-16-11-24-26-21(30)20(16)23/h5-6,8,11-12,18H,3-4,7,9-10,13-14H2,1-2H3,(H,26,30). The fraction of sp³-hybridized carbons (Fsp3) is 0.500. The summed E-state index contributed by atoms with van der Waals surface area (Å²) in [7, 11) is 4.21. The first-order chi connectivity index (χ1) is 14.4. The van der Waals surface area contributed by atoms with Crippen LogP contribution in [0.25, 0.3) is 10.9 Å².